The van der Waals surface area contributed by atoms with Crippen LogP contribution in [-0.4, -0.2) is 0 Å². The van der Waals surface area contributed by atoms with Gasteiger partial charge < -0.3 is 0 Å². The second-order valence-electron chi connectivity index (χ2n) is 3.56. The third-order valence-corrected chi connectivity index (χ3v) is 1.75. The van der Waals surface area contributed by atoms with Crippen molar-refractivity contribution >= 4 is 0 Å². The van der Waals surface area contributed by atoms with Gasteiger partial charge in [0.1, 0.15) is 0 Å². The Morgan fingerprint density at radius 3 is 2.18 bits per heavy atom. The summed E-state index contributed by atoms with van der Waals surface area (Å²) < 4.78 is 0. The van der Waals surface area contributed by atoms with Crippen molar-refractivity contribution in [2.75, 3.05) is 0 Å². The van der Waals surface area contributed by atoms with Gasteiger partial charge in [0.15, 0.2) is 0 Å². The van der Waals surface area contributed by atoms with Crippen molar-refractivity contribution in [3.63, 3.8) is 0 Å². The van der Waals surface area contributed by atoms with E-state index in [9.17, 15) is 0 Å². The highest BCUT2D eigenvalue weighted by molar-refractivity contribution is 5.03. The molecule has 0 aromatic heterocycles. The molecule has 0 aromatic carbocycles. The molecular weight excluding hydrogens is 132 g/mol. The fourth-order valence-corrected chi connectivity index (χ4v) is 1.25. The molecule has 0 aromatic rings. The highest BCUT2D eigenvalue weighted by Crippen LogP contribution is 2.13. The number of allylic oxidation sites excluding steroid dienone is 4. The van der Waals surface area contributed by atoms with Gasteiger partial charge in [-0.25, -0.2) is 0 Å². The Labute approximate surface area is 71.0 Å². The number of hydrogen-bond acceptors (Lipinski definition) is 0. The molecule has 0 fully saturated rings. The molecule has 0 heterocycles. The van der Waals surface area contributed by atoms with E-state index in [0.717, 1.165) is 0 Å². The van der Waals surface area contributed by atoms with Crippen LogP contribution < -0.4 is 0 Å². The summed E-state index contributed by atoms with van der Waals surface area (Å²) in [7, 11) is 0. The van der Waals surface area contributed by atoms with Crippen LogP contribution >= 0.6 is 0 Å². The van der Waals surface area contributed by atoms with E-state index in [-0.39, 0.29) is 0 Å². The molecule has 0 N–H and O–H groups in total. The summed E-state index contributed by atoms with van der Waals surface area (Å²) in [6, 6.07) is 0. The summed E-state index contributed by atoms with van der Waals surface area (Å²) in [4.78, 5) is 0. The Kier molecular flexibility index (Phi) is 4.93. The minimum atomic E-state index is 0.691. The van der Waals surface area contributed by atoms with E-state index >= 15 is 0 Å². The molecule has 0 heteroatoms. The summed E-state index contributed by atoms with van der Waals surface area (Å²) in [5.74, 6) is 0.691. The molecule has 0 bridgehead atoms. The van der Waals surface area contributed by atoms with Crippen LogP contribution in [0.4, 0.5) is 0 Å². The van der Waals surface area contributed by atoms with Crippen LogP contribution in [0.3, 0.4) is 0 Å². The van der Waals surface area contributed by atoms with Crippen LogP contribution in [0.15, 0.2) is 23.3 Å². The Bertz CT molecular complexity index is 157. The molecule has 0 aliphatic carbocycles. The molecule has 11 heavy (non-hydrogen) atoms. The quantitative estimate of drug-likeness (QED) is 0.537. The van der Waals surface area contributed by atoms with Gasteiger partial charge in [0, 0.05) is 0 Å². The lowest BCUT2D eigenvalue weighted by molar-refractivity contribution is 0.710. The van der Waals surface area contributed by atoms with E-state index in [1.807, 2.05) is 0 Å². The van der Waals surface area contributed by atoms with Crippen molar-refractivity contribution in [3.05, 3.63) is 23.3 Å². The van der Waals surface area contributed by atoms with Crippen LogP contribution in [0, 0.1) is 5.92 Å². The van der Waals surface area contributed by atoms with Crippen molar-refractivity contribution in [2.45, 2.75) is 41.0 Å². The lowest BCUT2D eigenvalue weighted by Crippen LogP contribution is -1.91. The zero-order chi connectivity index (χ0) is 8.85. The first-order valence-corrected chi connectivity index (χ1v) is 4.33. The Morgan fingerprint density at radius 2 is 1.82 bits per heavy atom. The Balaban J connectivity index is 3.88. The van der Waals surface area contributed by atoms with Crippen molar-refractivity contribution < 1.29 is 0 Å². The van der Waals surface area contributed by atoms with Gasteiger partial charge in [-0.3, -0.25) is 0 Å². The zero-order valence-corrected chi connectivity index (χ0v) is 8.44. The molecule has 0 saturated carbocycles. The molecule has 0 amide bonds. The third kappa shape index (κ3) is 5.90. The molecule has 0 spiro atoms. The first-order chi connectivity index (χ1) is 5.06. The van der Waals surface area contributed by atoms with Gasteiger partial charge in [-0.05, 0) is 40.0 Å². The summed E-state index contributed by atoms with van der Waals surface area (Å²) in [5.41, 5.74) is 2.90. The average Bonchev–Trinajstić information content (AvgIpc) is 1.85. The van der Waals surface area contributed by atoms with E-state index in [2.05, 4.69) is 46.8 Å². The normalized spacial score (nSPS) is 14.5. The van der Waals surface area contributed by atoms with Crippen LogP contribution in [0.25, 0.3) is 0 Å². The molecule has 0 aliphatic heterocycles. The topological polar surface area (TPSA) is 0 Å². The van der Waals surface area contributed by atoms with E-state index < -0.39 is 0 Å². The van der Waals surface area contributed by atoms with Crippen LogP contribution in [0.2, 0.25) is 0 Å². The lowest BCUT2D eigenvalue weighted by atomic mass is 10.0. The molecule has 0 saturated heterocycles. The van der Waals surface area contributed by atoms with Gasteiger partial charge in [0.2, 0.25) is 0 Å². The third-order valence-electron chi connectivity index (χ3n) is 1.75. The molecule has 1 unspecified atom stereocenters. The first kappa shape index (κ1) is 10.5. The minimum absolute atomic E-state index is 0.691. The highest BCUT2D eigenvalue weighted by atomic mass is 14.0. The summed E-state index contributed by atoms with van der Waals surface area (Å²) in [6.07, 6.45) is 5.71. The van der Waals surface area contributed by atoms with Gasteiger partial charge in [0.25, 0.3) is 0 Å². The van der Waals surface area contributed by atoms with Gasteiger partial charge in [0.05, 0.1) is 0 Å². The summed E-state index contributed by atoms with van der Waals surface area (Å²) >= 11 is 0. The largest absolute Gasteiger partial charge is 0.0887 e. The van der Waals surface area contributed by atoms with Gasteiger partial charge in [-0.2, -0.15) is 0 Å². The molecule has 64 valence electrons. The molecule has 0 radical (unpaired) electrons. The van der Waals surface area contributed by atoms with Crippen molar-refractivity contribution in [1.29, 1.82) is 0 Å². The predicted molar refractivity (Wildman–Crippen MR) is 52.6 cm³/mol. The maximum atomic E-state index is 2.33. The molecular formula is C11H20. The standard InChI is InChI=1S/C11H20/c1-6-10(4)8-11(5)7-9(2)3/h6-7,11H,8H2,1-5H3/b10-6-. The lowest BCUT2D eigenvalue weighted by Gasteiger charge is -2.06. The Morgan fingerprint density at radius 1 is 1.27 bits per heavy atom. The summed E-state index contributed by atoms with van der Waals surface area (Å²) in [5, 5.41) is 0. The second-order valence-corrected chi connectivity index (χ2v) is 3.56. The zero-order valence-electron chi connectivity index (χ0n) is 8.44. The fraction of sp³-hybridized carbons (Fsp3) is 0.636. The monoisotopic (exact) mass is 152 g/mol. The molecule has 0 aliphatic rings. The van der Waals surface area contributed by atoms with E-state index in [0.29, 0.717) is 5.92 Å². The minimum Gasteiger partial charge on any atom is -0.0887 e. The molecule has 1 atom stereocenters. The summed E-state index contributed by atoms with van der Waals surface area (Å²) in [6.45, 7) is 10.9. The van der Waals surface area contributed by atoms with Crippen molar-refractivity contribution in [1.82, 2.24) is 0 Å². The van der Waals surface area contributed by atoms with Gasteiger partial charge >= 0.3 is 0 Å². The maximum Gasteiger partial charge on any atom is -0.0222 e. The second kappa shape index (κ2) is 5.17. The molecule has 0 rings (SSSR count). The Hall–Kier alpha value is -0.520. The highest BCUT2D eigenvalue weighted by Gasteiger charge is 1.97. The van der Waals surface area contributed by atoms with Crippen LogP contribution in [-0.2, 0) is 0 Å². The number of hydrogen-bond donors (Lipinski definition) is 0. The number of rotatable bonds is 3. The fourth-order valence-electron chi connectivity index (χ4n) is 1.25. The van der Waals surface area contributed by atoms with Crippen molar-refractivity contribution in [3.8, 4) is 0 Å². The smallest absolute Gasteiger partial charge is 0.0222 e. The van der Waals surface area contributed by atoms with Crippen LogP contribution in [0.1, 0.15) is 41.0 Å². The van der Waals surface area contributed by atoms with Gasteiger partial charge in [-0.1, -0.05) is 30.2 Å². The van der Waals surface area contributed by atoms with Gasteiger partial charge in [-0.15, -0.1) is 0 Å². The van der Waals surface area contributed by atoms with Crippen molar-refractivity contribution in [2.24, 2.45) is 5.92 Å². The first-order valence-electron chi connectivity index (χ1n) is 4.33. The SMILES string of the molecule is C/C=C(/C)CC(C)C=C(C)C. The van der Waals surface area contributed by atoms with E-state index in [1.54, 1.807) is 0 Å². The van der Waals surface area contributed by atoms with E-state index in [1.165, 1.54) is 17.6 Å². The predicted octanol–water partition coefficient (Wildman–Crippen LogP) is 3.95. The maximum absolute atomic E-state index is 2.33. The van der Waals surface area contributed by atoms with Crippen LogP contribution in [0.5, 0.6) is 0 Å². The molecule has 0 nitrogen and oxygen atoms in total. The van der Waals surface area contributed by atoms with E-state index in [4.69, 9.17) is 0 Å². The average molecular weight is 152 g/mol.